The van der Waals surface area contributed by atoms with E-state index in [4.69, 9.17) is 4.74 Å². The van der Waals surface area contributed by atoms with Gasteiger partial charge in [0.05, 0.1) is 29.4 Å². The van der Waals surface area contributed by atoms with Crippen molar-refractivity contribution in [2.45, 2.75) is 17.4 Å². The summed E-state index contributed by atoms with van der Waals surface area (Å²) in [5, 5.41) is 11.6. The summed E-state index contributed by atoms with van der Waals surface area (Å²) in [5.41, 5.74) is -1.06. The smallest absolute Gasteiger partial charge is 0.296 e. The van der Waals surface area contributed by atoms with Crippen molar-refractivity contribution in [2.75, 3.05) is 64.9 Å². The van der Waals surface area contributed by atoms with E-state index in [-0.39, 0.29) is 22.6 Å². The van der Waals surface area contributed by atoms with E-state index < -0.39 is 38.9 Å². The third kappa shape index (κ3) is 4.14. The third-order valence-corrected chi connectivity index (χ3v) is 9.60. The second kappa shape index (κ2) is 10.4. The van der Waals surface area contributed by atoms with Crippen LogP contribution in [0.3, 0.4) is 0 Å². The van der Waals surface area contributed by atoms with Crippen LogP contribution in [0.2, 0.25) is 0 Å². The van der Waals surface area contributed by atoms with E-state index in [0.717, 1.165) is 4.31 Å². The number of carbonyl (C=O) groups excluding carboxylic acids is 3. The molecule has 0 aliphatic carbocycles. The van der Waals surface area contributed by atoms with Crippen molar-refractivity contribution in [3.8, 4) is 0 Å². The predicted molar refractivity (Wildman–Crippen MR) is 147 cm³/mol. The molecule has 212 valence electrons. The van der Waals surface area contributed by atoms with Gasteiger partial charge in [-0.25, -0.2) is 12.7 Å². The Bertz CT molecular complexity index is 1500. The fraction of sp³-hybridized carbons (Fsp3) is 0.393. The van der Waals surface area contributed by atoms with Gasteiger partial charge in [0.15, 0.2) is 5.54 Å². The first-order valence-corrected chi connectivity index (χ1v) is 14.5. The first-order chi connectivity index (χ1) is 19.1. The highest BCUT2D eigenvalue weighted by atomic mass is 32.2. The molecule has 1 N–H and O–H groups in total. The van der Waals surface area contributed by atoms with Gasteiger partial charge in [0.1, 0.15) is 5.76 Å². The summed E-state index contributed by atoms with van der Waals surface area (Å²) in [7, 11) is -0.922. The molecule has 2 amide bonds. The number of sulfonamides is 1. The zero-order valence-electron chi connectivity index (χ0n) is 22.7. The molecule has 2 saturated heterocycles. The summed E-state index contributed by atoms with van der Waals surface area (Å²) in [6.45, 7) is 5.01. The molecule has 2 fully saturated rings. The quantitative estimate of drug-likeness (QED) is 0.300. The molecule has 3 aliphatic rings. The zero-order chi connectivity index (χ0) is 28.8. The van der Waals surface area contributed by atoms with Crippen molar-refractivity contribution in [3.63, 3.8) is 0 Å². The number of para-hydroxylation sites is 1. The van der Waals surface area contributed by atoms with Gasteiger partial charge in [-0.3, -0.25) is 19.3 Å². The molecular formula is C28H32N4O7S. The standard InChI is InChI=1S/C28H32N4O7S/c1-4-31-22-8-6-5-7-21(22)28(27(31)36)23(24(33)19-9-11-20(12-10-19)40(37,38)29(2)3)25(34)26(35)32(28)14-13-30-15-17-39-18-16-30/h5-12,33H,4,13-18H2,1-3H3. The SMILES string of the molecule is CCN1C(=O)C2(C(=C(O)c3ccc(S(=O)(=O)N(C)C)cc3)C(=O)C(=O)N2CCN2CCOCC2)c2ccccc21. The van der Waals surface area contributed by atoms with Gasteiger partial charge in [-0.2, -0.15) is 0 Å². The Morgan fingerprint density at radius 2 is 1.65 bits per heavy atom. The van der Waals surface area contributed by atoms with E-state index in [1.165, 1.54) is 48.2 Å². The Labute approximate surface area is 233 Å². The lowest BCUT2D eigenvalue weighted by molar-refractivity contribution is -0.144. The molecule has 0 radical (unpaired) electrons. The number of hydrogen-bond acceptors (Lipinski definition) is 8. The van der Waals surface area contributed by atoms with E-state index in [1.54, 1.807) is 31.2 Å². The third-order valence-electron chi connectivity index (χ3n) is 7.78. The Morgan fingerprint density at radius 1 is 1.00 bits per heavy atom. The fourth-order valence-electron chi connectivity index (χ4n) is 5.69. The molecule has 3 heterocycles. The number of nitrogens with zero attached hydrogens (tertiary/aromatic N) is 4. The van der Waals surface area contributed by atoms with Gasteiger partial charge in [0.2, 0.25) is 10.0 Å². The number of likely N-dealkylation sites (N-methyl/N-ethyl adjacent to an activating group) is 1. The molecule has 40 heavy (non-hydrogen) atoms. The summed E-state index contributed by atoms with van der Waals surface area (Å²) in [4.78, 5) is 46.5. The topological polar surface area (TPSA) is 128 Å². The van der Waals surface area contributed by atoms with Crippen LogP contribution in [-0.2, 0) is 34.7 Å². The second-order valence-corrected chi connectivity index (χ2v) is 12.2. The first kappa shape index (κ1) is 28.0. The number of morpholine rings is 1. The molecule has 2 aromatic rings. The summed E-state index contributed by atoms with van der Waals surface area (Å²) in [6, 6.07) is 12.3. The number of benzene rings is 2. The largest absolute Gasteiger partial charge is 0.507 e. The van der Waals surface area contributed by atoms with Crippen molar-refractivity contribution < 1.29 is 32.6 Å². The molecule has 0 aromatic heterocycles. The summed E-state index contributed by atoms with van der Waals surface area (Å²) < 4.78 is 31.6. The number of ether oxygens (including phenoxy) is 1. The van der Waals surface area contributed by atoms with Crippen molar-refractivity contribution in [1.29, 1.82) is 0 Å². The fourth-order valence-corrected chi connectivity index (χ4v) is 6.59. The maximum absolute atomic E-state index is 14.3. The number of fused-ring (bicyclic) bond motifs is 2. The number of Topliss-reactive ketones (excluding diaryl/α,β-unsaturated/α-hetero) is 1. The molecule has 12 heteroatoms. The molecule has 0 bridgehead atoms. The average Bonchev–Trinajstić information content (AvgIpc) is 3.34. The highest BCUT2D eigenvalue weighted by molar-refractivity contribution is 7.89. The van der Waals surface area contributed by atoms with Crippen LogP contribution in [0.5, 0.6) is 0 Å². The Kier molecular flexibility index (Phi) is 7.29. The average molecular weight is 569 g/mol. The molecule has 3 aliphatic heterocycles. The normalized spacial score (nSPS) is 23.1. The number of hydrogen-bond donors (Lipinski definition) is 1. The molecule has 0 saturated carbocycles. The number of amides is 2. The number of rotatable bonds is 7. The lowest BCUT2D eigenvalue weighted by Gasteiger charge is -2.36. The Hall–Kier alpha value is -3.58. The summed E-state index contributed by atoms with van der Waals surface area (Å²) >= 11 is 0. The number of likely N-dealkylation sites (tertiary alicyclic amines) is 1. The molecule has 1 spiro atoms. The van der Waals surface area contributed by atoms with Crippen LogP contribution in [-0.4, -0.2) is 105 Å². The molecule has 1 unspecified atom stereocenters. The minimum Gasteiger partial charge on any atom is -0.507 e. The predicted octanol–water partition coefficient (Wildman–Crippen LogP) is 1.21. The molecule has 5 rings (SSSR count). The minimum atomic E-state index is -3.73. The first-order valence-electron chi connectivity index (χ1n) is 13.1. The summed E-state index contributed by atoms with van der Waals surface area (Å²) in [6.07, 6.45) is 0. The van der Waals surface area contributed by atoms with Crippen LogP contribution in [0.15, 0.2) is 59.0 Å². The maximum atomic E-state index is 14.3. The number of ketones is 1. The van der Waals surface area contributed by atoms with Gasteiger partial charge in [-0.05, 0) is 37.3 Å². The van der Waals surface area contributed by atoms with E-state index in [9.17, 15) is 27.9 Å². The van der Waals surface area contributed by atoms with Crippen molar-refractivity contribution in [1.82, 2.24) is 14.1 Å². The van der Waals surface area contributed by atoms with Gasteiger partial charge in [-0.15, -0.1) is 0 Å². The van der Waals surface area contributed by atoms with Crippen LogP contribution < -0.4 is 4.90 Å². The lowest BCUT2D eigenvalue weighted by Crippen LogP contribution is -2.54. The van der Waals surface area contributed by atoms with Crippen LogP contribution in [0.4, 0.5) is 5.69 Å². The van der Waals surface area contributed by atoms with E-state index >= 15 is 0 Å². The maximum Gasteiger partial charge on any atom is 0.296 e. The van der Waals surface area contributed by atoms with Gasteiger partial charge in [0.25, 0.3) is 17.6 Å². The van der Waals surface area contributed by atoms with Crippen LogP contribution in [0.1, 0.15) is 18.1 Å². The second-order valence-electron chi connectivity index (χ2n) is 10.1. The summed E-state index contributed by atoms with van der Waals surface area (Å²) in [5.74, 6) is -2.87. The molecular weight excluding hydrogens is 536 g/mol. The molecule has 11 nitrogen and oxygen atoms in total. The zero-order valence-corrected chi connectivity index (χ0v) is 23.5. The number of aliphatic hydroxyl groups is 1. The van der Waals surface area contributed by atoms with Crippen molar-refractivity contribution in [3.05, 3.63) is 65.2 Å². The van der Waals surface area contributed by atoms with E-state index in [0.29, 0.717) is 50.6 Å². The van der Waals surface area contributed by atoms with E-state index in [2.05, 4.69) is 4.90 Å². The highest BCUT2D eigenvalue weighted by Crippen LogP contribution is 2.53. The van der Waals surface area contributed by atoms with Crippen molar-refractivity contribution in [2.24, 2.45) is 0 Å². The lowest BCUT2D eigenvalue weighted by atomic mass is 9.82. The molecule has 1 atom stereocenters. The Morgan fingerprint density at radius 3 is 2.27 bits per heavy atom. The minimum absolute atomic E-state index is 0.00540. The number of aliphatic hydroxyl groups excluding tert-OH is 1. The van der Waals surface area contributed by atoms with Gasteiger partial charge < -0.3 is 19.6 Å². The van der Waals surface area contributed by atoms with Crippen LogP contribution in [0, 0.1) is 0 Å². The molecule has 2 aromatic carbocycles. The van der Waals surface area contributed by atoms with Gasteiger partial charge in [0, 0.05) is 57.9 Å². The Balaban J connectivity index is 1.68. The van der Waals surface area contributed by atoms with Crippen LogP contribution >= 0.6 is 0 Å². The van der Waals surface area contributed by atoms with E-state index in [1.807, 2.05) is 0 Å². The van der Waals surface area contributed by atoms with Gasteiger partial charge in [-0.1, -0.05) is 18.2 Å². The highest BCUT2D eigenvalue weighted by Gasteiger charge is 2.66. The van der Waals surface area contributed by atoms with Gasteiger partial charge >= 0.3 is 0 Å². The van der Waals surface area contributed by atoms with Crippen LogP contribution in [0.25, 0.3) is 5.76 Å². The van der Waals surface area contributed by atoms with Crippen molar-refractivity contribution >= 4 is 39.1 Å². The number of carbonyl (C=O) groups is 3. The monoisotopic (exact) mass is 568 g/mol. The number of anilines is 1.